The third kappa shape index (κ3) is 17.5. The largest absolute Gasteiger partial charge is 0.352 e. The Morgan fingerprint density at radius 1 is 0.878 bits per heavy atom. The second-order valence-electron chi connectivity index (χ2n) is 13.3. The fourth-order valence-electron chi connectivity index (χ4n) is 6.69. The molecule has 242 valence electrons. The lowest BCUT2D eigenvalue weighted by atomic mass is 9.54. The highest BCUT2D eigenvalue weighted by atomic mass is 16.7. The van der Waals surface area contributed by atoms with E-state index in [0.717, 1.165) is 38.7 Å². The van der Waals surface area contributed by atoms with Gasteiger partial charge in [0.1, 0.15) is 6.10 Å². The summed E-state index contributed by atoms with van der Waals surface area (Å²) in [5.74, 6) is 1.78. The molecule has 5 nitrogen and oxygen atoms in total. The van der Waals surface area contributed by atoms with Gasteiger partial charge < -0.3 is 14.3 Å². The van der Waals surface area contributed by atoms with Crippen molar-refractivity contribution < 1.29 is 19.1 Å². The number of nitrogens with one attached hydrogen (secondary N) is 1. The first kappa shape index (κ1) is 38.6. The van der Waals surface area contributed by atoms with Gasteiger partial charge in [0.15, 0.2) is 6.29 Å². The van der Waals surface area contributed by atoms with Crippen molar-refractivity contribution in [1.29, 1.82) is 0 Å². The summed E-state index contributed by atoms with van der Waals surface area (Å²) in [4.78, 5) is 19.3. The predicted molar refractivity (Wildman–Crippen MR) is 177 cm³/mol. The quantitative estimate of drug-likeness (QED) is 0.0597. The molecule has 1 fully saturated rings. The molecule has 0 aliphatic carbocycles. The number of hydrogen-bond donors (Lipinski definition) is 1. The van der Waals surface area contributed by atoms with Crippen LogP contribution < -0.4 is 5.48 Å². The fourth-order valence-corrected chi connectivity index (χ4v) is 6.69. The van der Waals surface area contributed by atoms with E-state index in [4.69, 9.17) is 14.3 Å². The van der Waals surface area contributed by atoms with E-state index in [9.17, 15) is 4.79 Å². The van der Waals surface area contributed by atoms with Gasteiger partial charge in [-0.1, -0.05) is 144 Å². The Bertz CT molecular complexity index is 621. The van der Waals surface area contributed by atoms with Crippen LogP contribution in [-0.4, -0.2) is 45.1 Å². The van der Waals surface area contributed by atoms with Crippen molar-refractivity contribution in [2.75, 3.05) is 13.7 Å². The van der Waals surface area contributed by atoms with Crippen LogP contribution >= 0.6 is 0 Å². The molecule has 7 unspecified atom stereocenters. The first-order chi connectivity index (χ1) is 19.9. The zero-order chi connectivity index (χ0) is 30.3. The Balaban J connectivity index is 2.61. The number of carbonyl (C=O) groups excluding carboxylic acids is 1. The van der Waals surface area contributed by atoms with Crippen molar-refractivity contribution >= 4 is 13.0 Å². The molecule has 1 saturated heterocycles. The molecule has 0 radical (unpaired) electrons. The molecule has 6 heteroatoms. The van der Waals surface area contributed by atoms with E-state index in [1.54, 1.807) is 0 Å². The number of ether oxygens (including phenoxy) is 2. The van der Waals surface area contributed by atoms with E-state index in [1.165, 1.54) is 83.5 Å². The molecular weight excluding hydrogens is 509 g/mol. The van der Waals surface area contributed by atoms with Crippen LogP contribution in [0.3, 0.4) is 0 Å². The fraction of sp³-hybridized carbons (Fsp3) is 0.971. The maximum absolute atomic E-state index is 13.3. The van der Waals surface area contributed by atoms with Crippen molar-refractivity contribution in [3.05, 3.63) is 0 Å². The van der Waals surface area contributed by atoms with Crippen molar-refractivity contribution in [2.45, 2.75) is 188 Å². The van der Waals surface area contributed by atoms with Gasteiger partial charge in [-0.2, -0.15) is 0 Å². The Morgan fingerprint density at radius 2 is 1.51 bits per heavy atom. The molecule has 0 spiro atoms. The van der Waals surface area contributed by atoms with Gasteiger partial charge in [0.2, 0.25) is 7.28 Å². The summed E-state index contributed by atoms with van der Waals surface area (Å²) in [7, 11) is 2.37. The van der Waals surface area contributed by atoms with E-state index in [0.29, 0.717) is 37.1 Å². The average molecular weight is 580 g/mol. The summed E-state index contributed by atoms with van der Waals surface area (Å²) in [5, 5.41) is 0. The van der Waals surface area contributed by atoms with Gasteiger partial charge in [-0.05, 0) is 42.8 Å². The summed E-state index contributed by atoms with van der Waals surface area (Å²) < 4.78 is 12.9. The van der Waals surface area contributed by atoms with Gasteiger partial charge in [-0.15, -0.1) is 0 Å². The maximum atomic E-state index is 13.3. The summed E-state index contributed by atoms with van der Waals surface area (Å²) in [5.41, 5.74) is 3.29. The number of rotatable bonds is 27. The standard InChI is InChI=1S/C35H70BNO4/c1-8-12-15-16-17-18-19-20-21-22-28(5)25-33(38)36-31-26-34(39-27-29(6)30(11-4)23-13-9-2)40-32(24-14-10-3)35(31)41-37-7/h28-32,34-37H,8-27H2,1-7H3. The van der Waals surface area contributed by atoms with Gasteiger partial charge in [-0.25, -0.2) is 5.48 Å². The Labute approximate surface area is 256 Å². The van der Waals surface area contributed by atoms with Crippen molar-refractivity contribution in [1.82, 2.24) is 5.48 Å². The van der Waals surface area contributed by atoms with E-state index >= 15 is 0 Å². The molecule has 0 aromatic rings. The zero-order valence-electron chi connectivity index (χ0n) is 28.5. The van der Waals surface area contributed by atoms with Gasteiger partial charge in [0.05, 0.1) is 18.4 Å². The number of hydrogen-bond acceptors (Lipinski definition) is 5. The first-order valence-electron chi connectivity index (χ1n) is 18.0. The minimum Gasteiger partial charge on any atom is -0.352 e. The van der Waals surface area contributed by atoms with Crippen LogP contribution in [0.5, 0.6) is 0 Å². The SMILES string of the molecule is CCCCCCCCCCCC(C)CC(=O)BC1CC(OCC(C)C(CC)CCCC)OC(CCCC)C1ONC. The number of unbranched alkanes of at least 4 members (excludes halogenated alkanes) is 10. The van der Waals surface area contributed by atoms with Gasteiger partial charge in [-0.3, -0.25) is 4.84 Å². The van der Waals surface area contributed by atoms with Crippen LogP contribution in [0.25, 0.3) is 0 Å². The van der Waals surface area contributed by atoms with Gasteiger partial charge >= 0.3 is 0 Å². The normalized spacial score (nSPS) is 23.3. The third-order valence-corrected chi connectivity index (χ3v) is 9.42. The maximum Gasteiger partial charge on any atom is 0.211 e. The van der Waals surface area contributed by atoms with Gasteiger partial charge in [0, 0.05) is 7.05 Å². The second-order valence-corrected chi connectivity index (χ2v) is 13.3. The molecule has 1 aliphatic rings. The molecular formula is C35H70BNO4. The molecule has 1 heterocycles. The van der Waals surface area contributed by atoms with Crippen LogP contribution in [0, 0.1) is 17.8 Å². The molecule has 1 aliphatic heterocycles. The zero-order valence-corrected chi connectivity index (χ0v) is 28.5. The molecule has 1 rings (SSSR count). The molecule has 0 amide bonds. The molecule has 41 heavy (non-hydrogen) atoms. The highest BCUT2D eigenvalue weighted by Gasteiger charge is 2.41. The summed E-state index contributed by atoms with van der Waals surface area (Å²) in [6.45, 7) is 14.4. The predicted octanol–water partition coefficient (Wildman–Crippen LogP) is 9.38. The second kappa shape index (κ2) is 25.0. The number of hydroxylamine groups is 1. The monoisotopic (exact) mass is 580 g/mol. The molecule has 0 aromatic heterocycles. The lowest BCUT2D eigenvalue weighted by Gasteiger charge is -2.41. The van der Waals surface area contributed by atoms with E-state index < -0.39 is 0 Å². The lowest BCUT2D eigenvalue weighted by molar-refractivity contribution is -0.243. The van der Waals surface area contributed by atoms with Crippen LogP contribution in [0.4, 0.5) is 0 Å². The lowest BCUT2D eigenvalue weighted by Crippen LogP contribution is -2.49. The topological polar surface area (TPSA) is 56.8 Å². The molecule has 0 saturated carbocycles. The van der Waals surface area contributed by atoms with Crippen LogP contribution in [0.2, 0.25) is 5.82 Å². The first-order valence-corrected chi connectivity index (χ1v) is 18.0. The van der Waals surface area contributed by atoms with Crippen LogP contribution in [-0.2, 0) is 19.1 Å². The van der Waals surface area contributed by atoms with Crippen molar-refractivity contribution in [3.8, 4) is 0 Å². The molecule has 0 aromatic carbocycles. The Morgan fingerprint density at radius 3 is 2.12 bits per heavy atom. The minimum absolute atomic E-state index is 0.0456. The Kier molecular flexibility index (Phi) is 23.5. The smallest absolute Gasteiger partial charge is 0.211 e. The van der Waals surface area contributed by atoms with Crippen molar-refractivity contribution in [2.24, 2.45) is 17.8 Å². The van der Waals surface area contributed by atoms with E-state index in [-0.39, 0.29) is 24.3 Å². The molecule has 1 N–H and O–H groups in total. The van der Waals surface area contributed by atoms with Crippen molar-refractivity contribution in [3.63, 3.8) is 0 Å². The minimum atomic E-state index is -0.253. The van der Waals surface area contributed by atoms with Crippen LogP contribution in [0.1, 0.15) is 164 Å². The van der Waals surface area contributed by atoms with Crippen LogP contribution in [0.15, 0.2) is 0 Å². The summed E-state index contributed by atoms with van der Waals surface area (Å²) in [6.07, 6.45) is 22.4. The number of carbonyl (C=O) groups is 1. The third-order valence-electron chi connectivity index (χ3n) is 9.42. The Hall–Kier alpha value is -0.425. The summed E-state index contributed by atoms with van der Waals surface area (Å²) >= 11 is 0. The summed E-state index contributed by atoms with van der Waals surface area (Å²) in [6, 6.07) is 0. The highest BCUT2D eigenvalue weighted by Crippen LogP contribution is 2.35. The average Bonchev–Trinajstić information content (AvgIpc) is 2.95. The highest BCUT2D eigenvalue weighted by molar-refractivity contribution is 6.75. The molecule has 7 atom stereocenters. The van der Waals surface area contributed by atoms with Gasteiger partial charge in [0.25, 0.3) is 0 Å². The van der Waals surface area contributed by atoms with E-state index in [1.807, 2.05) is 7.05 Å². The molecule has 0 bridgehead atoms. The van der Waals surface area contributed by atoms with E-state index in [2.05, 4.69) is 47.0 Å².